The van der Waals surface area contributed by atoms with E-state index in [1.165, 1.54) is 18.2 Å². The fraction of sp³-hybridized carbons (Fsp3) is 0.316. The van der Waals surface area contributed by atoms with Crippen molar-refractivity contribution >= 4 is 21.6 Å². The molecule has 7 nitrogen and oxygen atoms in total. The number of benzene rings is 2. The Hall–Kier alpha value is -2.42. The Morgan fingerprint density at radius 3 is 2.48 bits per heavy atom. The molecule has 0 atom stereocenters. The maximum Gasteiger partial charge on any atom is 0.238 e. The number of amides is 1. The number of carbonyl (C=O) groups excluding carboxylic acids is 1. The highest BCUT2D eigenvalue weighted by atomic mass is 32.2. The summed E-state index contributed by atoms with van der Waals surface area (Å²) in [6, 6.07) is 13.7. The largest absolute Gasteiger partial charge is 0.497 e. The van der Waals surface area contributed by atoms with Gasteiger partial charge in [0.25, 0.3) is 0 Å². The lowest BCUT2D eigenvalue weighted by Gasteiger charge is -2.20. The van der Waals surface area contributed by atoms with Crippen LogP contribution in [-0.4, -0.2) is 39.4 Å². The number of nitrogens with two attached hydrogens (primary N) is 1. The molecule has 146 valence electrons. The number of anilines is 1. The fourth-order valence-corrected chi connectivity index (χ4v) is 3.13. The normalized spacial score (nSPS) is 11.4. The van der Waals surface area contributed by atoms with E-state index in [1.54, 1.807) is 13.2 Å². The number of hydrogen-bond donors (Lipinski definition) is 2. The Morgan fingerprint density at radius 2 is 1.89 bits per heavy atom. The van der Waals surface area contributed by atoms with Crippen molar-refractivity contribution in [3.63, 3.8) is 0 Å². The molecule has 0 aliphatic rings. The van der Waals surface area contributed by atoms with Gasteiger partial charge in [-0.05, 0) is 42.4 Å². The van der Waals surface area contributed by atoms with Gasteiger partial charge >= 0.3 is 0 Å². The smallest absolute Gasteiger partial charge is 0.238 e. The molecule has 27 heavy (non-hydrogen) atoms. The summed E-state index contributed by atoms with van der Waals surface area (Å²) in [6.45, 7) is 4.16. The monoisotopic (exact) mass is 391 g/mol. The highest BCUT2D eigenvalue weighted by Gasteiger charge is 2.11. The first-order valence-corrected chi connectivity index (χ1v) is 10.1. The highest BCUT2D eigenvalue weighted by molar-refractivity contribution is 7.89. The second-order valence-corrected chi connectivity index (χ2v) is 7.65. The number of nitrogens with zero attached hydrogens (tertiary/aromatic N) is 1. The van der Waals surface area contributed by atoms with Crippen LogP contribution in [0.5, 0.6) is 5.75 Å². The molecule has 0 bridgehead atoms. The molecular weight excluding hydrogens is 366 g/mol. The summed E-state index contributed by atoms with van der Waals surface area (Å²) in [4.78, 5) is 14.3. The summed E-state index contributed by atoms with van der Waals surface area (Å²) in [5.74, 6) is 0.623. The average molecular weight is 391 g/mol. The minimum Gasteiger partial charge on any atom is -0.497 e. The first-order valence-electron chi connectivity index (χ1n) is 8.60. The third kappa shape index (κ3) is 6.67. The van der Waals surface area contributed by atoms with Crippen molar-refractivity contribution in [1.82, 2.24) is 4.90 Å². The lowest BCUT2D eigenvalue weighted by atomic mass is 10.2. The van der Waals surface area contributed by atoms with E-state index in [0.717, 1.165) is 24.4 Å². The number of sulfonamides is 1. The van der Waals surface area contributed by atoms with E-state index in [4.69, 9.17) is 9.88 Å². The molecule has 0 aliphatic heterocycles. The first-order chi connectivity index (χ1) is 12.8. The maximum atomic E-state index is 12.2. The predicted octanol–water partition coefficient (Wildman–Crippen LogP) is 2.19. The molecule has 0 saturated carbocycles. The van der Waals surface area contributed by atoms with E-state index in [2.05, 4.69) is 10.2 Å². The number of nitrogens with one attached hydrogen (secondary N) is 1. The molecule has 0 aromatic heterocycles. The Balaban J connectivity index is 1.89. The van der Waals surface area contributed by atoms with E-state index in [0.29, 0.717) is 18.7 Å². The average Bonchev–Trinajstić information content (AvgIpc) is 2.65. The molecular formula is C19H25N3O4S. The van der Waals surface area contributed by atoms with Crippen LogP contribution in [0, 0.1) is 0 Å². The van der Waals surface area contributed by atoms with Crippen LogP contribution < -0.4 is 15.2 Å². The maximum absolute atomic E-state index is 12.2. The van der Waals surface area contributed by atoms with Gasteiger partial charge in [-0.1, -0.05) is 25.1 Å². The fourth-order valence-electron chi connectivity index (χ4n) is 2.57. The zero-order valence-electron chi connectivity index (χ0n) is 15.5. The van der Waals surface area contributed by atoms with Crippen molar-refractivity contribution in [2.45, 2.75) is 24.8 Å². The predicted molar refractivity (Wildman–Crippen MR) is 105 cm³/mol. The molecule has 0 radical (unpaired) electrons. The van der Waals surface area contributed by atoms with Gasteiger partial charge in [0.05, 0.1) is 12.0 Å². The van der Waals surface area contributed by atoms with Crippen molar-refractivity contribution in [2.24, 2.45) is 5.14 Å². The summed E-state index contributed by atoms with van der Waals surface area (Å²) in [5, 5.41) is 7.82. The summed E-state index contributed by atoms with van der Waals surface area (Å²) >= 11 is 0. The number of hydrogen-bond acceptors (Lipinski definition) is 5. The molecule has 2 rings (SSSR count). The molecule has 3 N–H and O–H groups in total. The minimum atomic E-state index is -3.80. The SMILES string of the molecule is CCN(CCC(=O)Nc1cccc(S(N)(=O)=O)c1)Cc1ccc(OC)cc1. The zero-order chi connectivity index (χ0) is 19.9. The first kappa shape index (κ1) is 20.9. The van der Waals surface area contributed by atoms with E-state index >= 15 is 0 Å². The molecule has 2 aromatic rings. The Morgan fingerprint density at radius 1 is 1.19 bits per heavy atom. The van der Waals surface area contributed by atoms with Crippen LogP contribution in [-0.2, 0) is 21.4 Å². The second kappa shape index (κ2) is 9.50. The third-order valence-corrected chi connectivity index (χ3v) is 5.02. The summed E-state index contributed by atoms with van der Waals surface area (Å²) in [7, 11) is -2.17. The topological polar surface area (TPSA) is 102 Å². The Labute approximate surface area is 160 Å². The number of methoxy groups -OCH3 is 1. The van der Waals surface area contributed by atoms with Crippen LogP contribution in [0.1, 0.15) is 18.9 Å². The van der Waals surface area contributed by atoms with E-state index in [-0.39, 0.29) is 10.8 Å². The third-order valence-electron chi connectivity index (χ3n) is 4.11. The van der Waals surface area contributed by atoms with Gasteiger partial charge in [-0.15, -0.1) is 0 Å². The molecule has 0 heterocycles. The van der Waals surface area contributed by atoms with Crippen molar-refractivity contribution < 1.29 is 17.9 Å². The van der Waals surface area contributed by atoms with Gasteiger partial charge in [0, 0.05) is 25.2 Å². The Kier molecular flexibility index (Phi) is 7.35. The van der Waals surface area contributed by atoms with Crippen molar-refractivity contribution in [3.05, 3.63) is 54.1 Å². The van der Waals surface area contributed by atoms with Gasteiger partial charge in [-0.3, -0.25) is 9.69 Å². The van der Waals surface area contributed by atoms with Crippen LogP contribution in [0.3, 0.4) is 0 Å². The van der Waals surface area contributed by atoms with E-state index < -0.39 is 10.0 Å². The molecule has 0 saturated heterocycles. The number of rotatable bonds is 9. The van der Waals surface area contributed by atoms with Crippen LogP contribution in [0.2, 0.25) is 0 Å². The van der Waals surface area contributed by atoms with Crippen LogP contribution in [0.15, 0.2) is 53.4 Å². The molecule has 2 aromatic carbocycles. The quantitative estimate of drug-likeness (QED) is 0.682. The van der Waals surface area contributed by atoms with Gasteiger partial charge in [0.2, 0.25) is 15.9 Å². The number of primary sulfonamides is 1. The minimum absolute atomic E-state index is 0.0324. The number of carbonyl (C=O) groups is 1. The Bertz CT molecular complexity index is 867. The lowest BCUT2D eigenvalue weighted by molar-refractivity contribution is -0.116. The standard InChI is InChI=1S/C19H25N3O4S/c1-3-22(14-15-7-9-17(26-2)10-8-15)12-11-19(23)21-16-5-4-6-18(13-16)27(20,24)25/h4-10,13H,3,11-12,14H2,1-2H3,(H,21,23)(H2,20,24,25). The number of ether oxygens (including phenoxy) is 1. The molecule has 1 amide bonds. The van der Waals surface area contributed by atoms with Gasteiger partial charge in [-0.2, -0.15) is 0 Å². The molecule has 8 heteroatoms. The van der Waals surface area contributed by atoms with Gasteiger partial charge < -0.3 is 10.1 Å². The van der Waals surface area contributed by atoms with Crippen molar-refractivity contribution in [1.29, 1.82) is 0 Å². The van der Waals surface area contributed by atoms with Crippen LogP contribution >= 0.6 is 0 Å². The van der Waals surface area contributed by atoms with Gasteiger partial charge in [-0.25, -0.2) is 13.6 Å². The molecule has 0 spiro atoms. The summed E-state index contributed by atoms with van der Waals surface area (Å²) in [5.41, 5.74) is 1.55. The molecule has 0 aliphatic carbocycles. The molecule has 0 unspecified atom stereocenters. The van der Waals surface area contributed by atoms with E-state index in [9.17, 15) is 13.2 Å². The van der Waals surface area contributed by atoms with Gasteiger partial charge in [0.1, 0.15) is 5.75 Å². The van der Waals surface area contributed by atoms with Gasteiger partial charge in [0.15, 0.2) is 0 Å². The van der Waals surface area contributed by atoms with Crippen molar-refractivity contribution in [2.75, 3.05) is 25.5 Å². The summed E-state index contributed by atoms with van der Waals surface area (Å²) in [6.07, 6.45) is 0.295. The van der Waals surface area contributed by atoms with Crippen molar-refractivity contribution in [3.8, 4) is 5.75 Å². The van der Waals surface area contributed by atoms with Crippen LogP contribution in [0.4, 0.5) is 5.69 Å². The lowest BCUT2D eigenvalue weighted by Crippen LogP contribution is -2.27. The second-order valence-electron chi connectivity index (χ2n) is 6.09. The van der Waals surface area contributed by atoms with Crippen LogP contribution in [0.25, 0.3) is 0 Å². The highest BCUT2D eigenvalue weighted by Crippen LogP contribution is 2.15. The van der Waals surface area contributed by atoms with E-state index in [1.807, 2.05) is 31.2 Å². The zero-order valence-corrected chi connectivity index (χ0v) is 16.3. The molecule has 0 fully saturated rings. The summed E-state index contributed by atoms with van der Waals surface area (Å²) < 4.78 is 27.9.